The highest BCUT2D eigenvalue weighted by atomic mass is 35.5. The van der Waals surface area contributed by atoms with E-state index < -0.39 is 11.9 Å². The van der Waals surface area contributed by atoms with Gasteiger partial charge in [-0.25, -0.2) is 14.6 Å². The Morgan fingerprint density at radius 3 is 2.31 bits per heavy atom. The Morgan fingerprint density at radius 2 is 1.62 bits per heavy atom. The number of cyclic esters (lactones) is 1. The maximum Gasteiger partial charge on any atom is 0.363 e. The van der Waals surface area contributed by atoms with Crippen LogP contribution in [0.5, 0.6) is 5.75 Å². The molecule has 0 saturated carbocycles. The molecule has 4 rings (SSSR count). The van der Waals surface area contributed by atoms with Crippen LogP contribution in [0, 0.1) is 0 Å². The molecule has 0 amide bonds. The number of rotatable bonds is 4. The van der Waals surface area contributed by atoms with Crippen LogP contribution in [-0.2, 0) is 9.53 Å². The second-order valence-corrected chi connectivity index (χ2v) is 6.60. The van der Waals surface area contributed by atoms with Crippen molar-refractivity contribution >= 4 is 35.5 Å². The predicted molar refractivity (Wildman–Crippen MR) is 110 cm³/mol. The van der Waals surface area contributed by atoms with Crippen molar-refractivity contribution in [2.75, 3.05) is 0 Å². The molecule has 1 aliphatic rings. The first kappa shape index (κ1) is 18.7. The van der Waals surface area contributed by atoms with Crippen molar-refractivity contribution < 1.29 is 19.1 Å². The summed E-state index contributed by atoms with van der Waals surface area (Å²) in [6, 6.07) is 22.3. The number of halogens is 1. The molecule has 6 heteroatoms. The summed E-state index contributed by atoms with van der Waals surface area (Å²) in [5.41, 5.74) is 2.03. The molecular formula is C23H14ClNO4. The Labute approximate surface area is 171 Å². The number of carbonyl (C=O) groups excluding carboxylic acids is 2. The van der Waals surface area contributed by atoms with Gasteiger partial charge in [0.15, 0.2) is 5.70 Å². The second-order valence-electron chi connectivity index (χ2n) is 6.17. The molecule has 0 unspecified atom stereocenters. The molecule has 5 nitrogen and oxygen atoms in total. The number of carbonyl (C=O) groups is 2. The van der Waals surface area contributed by atoms with Gasteiger partial charge in [0, 0.05) is 10.6 Å². The molecule has 0 fully saturated rings. The first-order valence-electron chi connectivity index (χ1n) is 8.74. The summed E-state index contributed by atoms with van der Waals surface area (Å²) >= 11 is 5.87. The average molecular weight is 404 g/mol. The van der Waals surface area contributed by atoms with Crippen LogP contribution in [0.2, 0.25) is 5.02 Å². The normalized spacial score (nSPS) is 14.4. The number of hydrogen-bond donors (Lipinski definition) is 0. The summed E-state index contributed by atoms with van der Waals surface area (Å²) in [6.45, 7) is 0. The lowest BCUT2D eigenvalue weighted by Crippen LogP contribution is -2.07. The van der Waals surface area contributed by atoms with Crippen molar-refractivity contribution in [3.05, 3.63) is 106 Å². The summed E-state index contributed by atoms with van der Waals surface area (Å²) in [5.74, 6) is -0.338. The molecule has 0 radical (unpaired) electrons. The number of benzene rings is 3. The first-order valence-corrected chi connectivity index (χ1v) is 9.12. The lowest BCUT2D eigenvalue weighted by Gasteiger charge is -2.04. The smallest absolute Gasteiger partial charge is 0.363 e. The standard InChI is InChI=1S/C23H14ClNO4/c24-18-10-8-16(9-11-18)21-25-20(23(27)29-21)14-15-6-12-19(13-7-15)28-22(26)17-4-2-1-3-5-17/h1-14H/b20-14-. The highest BCUT2D eigenvalue weighted by Gasteiger charge is 2.24. The summed E-state index contributed by atoms with van der Waals surface area (Å²) in [7, 11) is 0. The Morgan fingerprint density at radius 1 is 0.931 bits per heavy atom. The number of esters is 2. The SMILES string of the molecule is O=C1OC(c2ccc(Cl)cc2)=N/C1=C\c1ccc(OC(=O)c2ccccc2)cc1. The van der Waals surface area contributed by atoms with Gasteiger partial charge in [-0.15, -0.1) is 0 Å². The third-order valence-corrected chi connectivity index (χ3v) is 4.37. The van der Waals surface area contributed by atoms with Gasteiger partial charge in [0.1, 0.15) is 5.75 Å². The van der Waals surface area contributed by atoms with Crippen LogP contribution in [0.3, 0.4) is 0 Å². The summed E-state index contributed by atoms with van der Waals surface area (Å²) in [5, 5.41) is 0.586. The van der Waals surface area contributed by atoms with E-state index in [0.29, 0.717) is 21.9 Å². The van der Waals surface area contributed by atoms with Crippen LogP contribution in [-0.4, -0.2) is 17.8 Å². The van der Waals surface area contributed by atoms with Crippen molar-refractivity contribution in [2.45, 2.75) is 0 Å². The summed E-state index contributed by atoms with van der Waals surface area (Å²) in [4.78, 5) is 28.4. The van der Waals surface area contributed by atoms with E-state index in [2.05, 4.69) is 4.99 Å². The maximum absolute atomic E-state index is 12.1. The minimum absolute atomic E-state index is 0.184. The van der Waals surface area contributed by atoms with Crippen molar-refractivity contribution in [3.8, 4) is 5.75 Å². The Kier molecular flexibility index (Phi) is 5.22. The second kappa shape index (κ2) is 8.12. The van der Waals surface area contributed by atoms with Gasteiger partial charge < -0.3 is 9.47 Å². The third kappa shape index (κ3) is 4.42. The van der Waals surface area contributed by atoms with E-state index in [4.69, 9.17) is 21.1 Å². The minimum atomic E-state index is -0.533. The first-order chi connectivity index (χ1) is 14.1. The molecule has 142 valence electrons. The lowest BCUT2D eigenvalue weighted by atomic mass is 10.2. The predicted octanol–water partition coefficient (Wildman–Crippen LogP) is 4.90. The molecule has 0 saturated heterocycles. The molecule has 0 bridgehead atoms. The van der Waals surface area contributed by atoms with Crippen molar-refractivity contribution in [3.63, 3.8) is 0 Å². The monoisotopic (exact) mass is 403 g/mol. The molecule has 29 heavy (non-hydrogen) atoms. The van der Waals surface area contributed by atoms with Crippen LogP contribution < -0.4 is 4.74 Å². The molecular weight excluding hydrogens is 390 g/mol. The van der Waals surface area contributed by atoms with E-state index in [1.165, 1.54) is 0 Å². The van der Waals surface area contributed by atoms with Gasteiger partial charge in [-0.05, 0) is 60.2 Å². The molecule has 0 spiro atoms. The molecule has 0 aromatic heterocycles. The fourth-order valence-corrected chi connectivity index (χ4v) is 2.78. The topological polar surface area (TPSA) is 65.0 Å². The lowest BCUT2D eigenvalue weighted by molar-refractivity contribution is -0.129. The van der Waals surface area contributed by atoms with Gasteiger partial charge in [0.2, 0.25) is 5.90 Å². The van der Waals surface area contributed by atoms with Gasteiger partial charge >= 0.3 is 11.9 Å². The van der Waals surface area contributed by atoms with Crippen LogP contribution in [0.15, 0.2) is 89.6 Å². The Bertz CT molecular complexity index is 1120. The van der Waals surface area contributed by atoms with E-state index in [-0.39, 0.29) is 11.6 Å². The van der Waals surface area contributed by atoms with Crippen LogP contribution in [0.25, 0.3) is 6.08 Å². The van der Waals surface area contributed by atoms with Gasteiger partial charge in [0.25, 0.3) is 0 Å². The van der Waals surface area contributed by atoms with Crippen molar-refractivity contribution in [1.29, 1.82) is 0 Å². The number of nitrogens with zero attached hydrogens (tertiary/aromatic N) is 1. The zero-order valence-corrected chi connectivity index (χ0v) is 15.8. The van der Waals surface area contributed by atoms with E-state index in [1.54, 1.807) is 78.9 Å². The molecule has 0 atom stereocenters. The number of ether oxygens (including phenoxy) is 2. The largest absolute Gasteiger partial charge is 0.423 e. The van der Waals surface area contributed by atoms with Crippen molar-refractivity contribution in [2.24, 2.45) is 4.99 Å². The quantitative estimate of drug-likeness (QED) is 0.353. The molecule has 1 heterocycles. The average Bonchev–Trinajstić information content (AvgIpc) is 3.11. The van der Waals surface area contributed by atoms with Gasteiger partial charge in [0.05, 0.1) is 5.56 Å². The van der Waals surface area contributed by atoms with Crippen LogP contribution in [0.1, 0.15) is 21.5 Å². The van der Waals surface area contributed by atoms with Crippen molar-refractivity contribution in [1.82, 2.24) is 0 Å². The zero-order valence-electron chi connectivity index (χ0n) is 15.0. The molecule has 3 aromatic rings. The minimum Gasteiger partial charge on any atom is -0.423 e. The highest BCUT2D eigenvalue weighted by Crippen LogP contribution is 2.22. The Balaban J connectivity index is 1.49. The molecule has 3 aromatic carbocycles. The van der Waals surface area contributed by atoms with E-state index in [1.807, 2.05) is 6.07 Å². The Hall–Kier alpha value is -3.70. The van der Waals surface area contributed by atoms with Gasteiger partial charge in [-0.3, -0.25) is 0 Å². The molecule has 1 aliphatic heterocycles. The highest BCUT2D eigenvalue weighted by molar-refractivity contribution is 6.30. The number of aliphatic imine (C=N–C) groups is 1. The maximum atomic E-state index is 12.1. The van der Waals surface area contributed by atoms with Gasteiger partial charge in [-0.2, -0.15) is 0 Å². The fourth-order valence-electron chi connectivity index (χ4n) is 2.66. The van der Waals surface area contributed by atoms with E-state index in [9.17, 15) is 9.59 Å². The fraction of sp³-hybridized carbons (Fsp3) is 0. The van der Waals surface area contributed by atoms with E-state index in [0.717, 1.165) is 5.56 Å². The summed E-state index contributed by atoms with van der Waals surface area (Å²) < 4.78 is 10.6. The zero-order chi connectivity index (χ0) is 20.2. The van der Waals surface area contributed by atoms with Crippen LogP contribution in [0.4, 0.5) is 0 Å². The number of hydrogen-bond acceptors (Lipinski definition) is 5. The van der Waals surface area contributed by atoms with Crippen LogP contribution >= 0.6 is 11.6 Å². The molecule has 0 aliphatic carbocycles. The van der Waals surface area contributed by atoms with Gasteiger partial charge in [-0.1, -0.05) is 41.9 Å². The molecule has 0 N–H and O–H groups in total. The third-order valence-electron chi connectivity index (χ3n) is 4.12. The van der Waals surface area contributed by atoms with E-state index >= 15 is 0 Å². The summed E-state index contributed by atoms with van der Waals surface area (Å²) in [6.07, 6.45) is 1.61.